The number of ether oxygens (including phenoxy) is 1. The van der Waals surface area contributed by atoms with Gasteiger partial charge in [0.25, 0.3) is 0 Å². The summed E-state index contributed by atoms with van der Waals surface area (Å²) in [4.78, 5) is 68.7. The number of carbonyl (C=O) groups is 5. The van der Waals surface area contributed by atoms with Crippen LogP contribution in [0, 0.1) is 0 Å². The Kier molecular flexibility index (Phi) is 17.1. The van der Waals surface area contributed by atoms with Crippen molar-refractivity contribution in [2.75, 3.05) is 11.5 Å². The second-order valence-electron chi connectivity index (χ2n) is 18.1. The fourth-order valence-corrected chi connectivity index (χ4v) is 12.5. The number of thioether (sulfide) groups is 2. The first-order chi connectivity index (χ1) is 35.0. The van der Waals surface area contributed by atoms with E-state index in [1.165, 1.54) is 11.8 Å². The van der Waals surface area contributed by atoms with E-state index in [1.807, 2.05) is 152 Å². The Morgan fingerprint density at radius 2 is 1.03 bits per heavy atom. The van der Waals surface area contributed by atoms with Gasteiger partial charge in [0.15, 0.2) is 0 Å². The van der Waals surface area contributed by atoms with E-state index < -0.39 is 81.8 Å². The molecule has 1 aliphatic carbocycles. The van der Waals surface area contributed by atoms with Gasteiger partial charge in [-0.25, -0.2) is 0 Å². The lowest BCUT2D eigenvalue weighted by molar-refractivity contribution is -0.151. The van der Waals surface area contributed by atoms with E-state index in [2.05, 4.69) is 52.3 Å². The molecule has 11 nitrogen and oxygen atoms in total. The zero-order chi connectivity index (χ0) is 50.4. The first kappa shape index (κ1) is 51.4. The Morgan fingerprint density at radius 1 is 0.597 bits per heavy atom. The molecule has 2 fully saturated rings. The Balaban J connectivity index is 1.05. The van der Waals surface area contributed by atoms with Crippen LogP contribution in [0.15, 0.2) is 194 Å². The zero-order valence-corrected chi connectivity index (χ0v) is 41.4. The Hall–Kier alpha value is -6.93. The predicted molar refractivity (Wildman–Crippen MR) is 283 cm³/mol. The molecule has 0 bridgehead atoms. The maximum atomic E-state index is 14.6. The molecule has 72 heavy (non-hydrogen) atoms. The Morgan fingerprint density at radius 3 is 1.44 bits per heavy atom. The average molecular weight is 1000 g/mol. The Labute approximate surface area is 429 Å². The highest BCUT2D eigenvalue weighted by atomic mass is 32.2. The average Bonchev–Trinajstić information content (AvgIpc) is 4.20. The van der Waals surface area contributed by atoms with E-state index in [0.717, 1.165) is 33.4 Å². The SMILES string of the molecule is O=C(O)CC[C@H]1NC(=O)C[C@@H](/C=C/CCSC(c2ccccc2)(c2ccccc2)c2ccccc2)OC(=O)CC(O)C2(CC2)NC(=O)[C@@H](CSC(c2ccccc2)(c2ccccc2)c2ccccc2)NC1=O. The van der Waals surface area contributed by atoms with E-state index in [0.29, 0.717) is 25.0 Å². The largest absolute Gasteiger partial charge is 0.481 e. The molecular weight excluding hydrogens is 943 g/mol. The van der Waals surface area contributed by atoms with Crippen LogP contribution < -0.4 is 16.0 Å². The molecule has 13 heteroatoms. The summed E-state index contributed by atoms with van der Waals surface area (Å²) in [6, 6.07) is 57.9. The van der Waals surface area contributed by atoms with Crippen LogP contribution in [-0.2, 0) is 38.2 Å². The number of benzene rings is 6. The Bertz CT molecular complexity index is 2590. The van der Waals surface area contributed by atoms with Gasteiger partial charge in [-0.2, -0.15) is 0 Å². The smallest absolute Gasteiger partial charge is 0.309 e. The van der Waals surface area contributed by atoms with Gasteiger partial charge in [-0.3, -0.25) is 24.0 Å². The van der Waals surface area contributed by atoms with Crippen molar-refractivity contribution in [1.82, 2.24) is 16.0 Å². The summed E-state index contributed by atoms with van der Waals surface area (Å²) in [6.07, 6.45) is 0.772. The molecule has 1 unspecified atom stereocenters. The molecular formula is C59H59N3O8S2. The highest BCUT2D eigenvalue weighted by Gasteiger charge is 2.52. The van der Waals surface area contributed by atoms with E-state index in [1.54, 1.807) is 17.8 Å². The number of hydrogen-bond acceptors (Lipinski definition) is 9. The van der Waals surface area contributed by atoms with E-state index in [-0.39, 0.29) is 18.6 Å². The summed E-state index contributed by atoms with van der Waals surface area (Å²) < 4.78 is 4.45. The predicted octanol–water partition coefficient (Wildman–Crippen LogP) is 8.93. The summed E-state index contributed by atoms with van der Waals surface area (Å²) in [6.45, 7) is 0. The lowest BCUT2D eigenvalue weighted by Crippen LogP contribution is -2.58. The number of hydrogen-bond donors (Lipinski definition) is 5. The van der Waals surface area contributed by atoms with Crippen LogP contribution in [0.3, 0.4) is 0 Å². The molecule has 1 saturated carbocycles. The lowest BCUT2D eigenvalue weighted by Gasteiger charge is -2.37. The van der Waals surface area contributed by atoms with Crippen molar-refractivity contribution in [3.63, 3.8) is 0 Å². The van der Waals surface area contributed by atoms with E-state index >= 15 is 0 Å². The molecule has 5 N–H and O–H groups in total. The highest BCUT2D eigenvalue weighted by Crippen LogP contribution is 2.50. The number of carboxylic acid groups (broad SMARTS) is 1. The normalized spacial score (nSPS) is 19.8. The van der Waals surface area contributed by atoms with Crippen LogP contribution in [0.1, 0.15) is 78.3 Å². The lowest BCUT2D eigenvalue weighted by atomic mass is 9.84. The van der Waals surface area contributed by atoms with Crippen molar-refractivity contribution in [3.05, 3.63) is 228 Å². The molecule has 1 aliphatic heterocycles. The van der Waals surface area contributed by atoms with Crippen LogP contribution in [0.4, 0.5) is 0 Å². The summed E-state index contributed by atoms with van der Waals surface area (Å²) >= 11 is 3.19. The fourth-order valence-electron chi connectivity index (χ4n) is 9.43. The number of carboxylic acids is 1. The summed E-state index contributed by atoms with van der Waals surface area (Å²) in [5.41, 5.74) is 4.95. The molecule has 1 heterocycles. The number of rotatable bonds is 17. The van der Waals surface area contributed by atoms with Gasteiger partial charge in [-0.05, 0) is 70.9 Å². The van der Waals surface area contributed by atoms with Gasteiger partial charge >= 0.3 is 11.9 Å². The molecule has 3 amide bonds. The molecule has 1 saturated heterocycles. The number of aliphatic hydroxyl groups excluding tert-OH is 1. The number of allylic oxidation sites excluding steroid dienone is 1. The first-order valence-corrected chi connectivity index (χ1v) is 26.3. The molecule has 0 aromatic heterocycles. The van der Waals surface area contributed by atoms with Crippen LogP contribution >= 0.6 is 23.5 Å². The van der Waals surface area contributed by atoms with Crippen molar-refractivity contribution in [3.8, 4) is 0 Å². The van der Waals surface area contributed by atoms with Gasteiger partial charge in [-0.1, -0.05) is 188 Å². The standard InChI is InChI=1S/C59H59N3O8S2/c63-51-40-54(67)70-48(33-19-20-38-71-58(42-21-7-1-8-22-42,43-23-9-2-10-24-43)44-25-11-3-12-26-44)39-52(64)60-49(34-35-53(65)66)55(68)61-50(56(69)62-57(51)36-37-57)41-72-59(45-27-13-4-14-28-45,46-29-15-5-16-30-46)47-31-17-6-18-32-47/h1-19,21-33,48-51,63H,20,34-41H2,(H,60,64)(H,61,68)(H,62,69)(H,65,66)/b33-19+/t48-,49-,50-,51?/m1/s1. The molecule has 6 aromatic carbocycles. The molecule has 2 aliphatic rings. The minimum atomic E-state index is -1.36. The molecule has 8 rings (SSSR count). The second kappa shape index (κ2) is 24.0. The van der Waals surface area contributed by atoms with Crippen molar-refractivity contribution in [2.45, 2.75) is 84.3 Å². The van der Waals surface area contributed by atoms with Crippen LogP contribution in [0.2, 0.25) is 0 Å². The van der Waals surface area contributed by atoms with E-state index in [4.69, 9.17) is 4.74 Å². The van der Waals surface area contributed by atoms with Gasteiger partial charge in [0.05, 0.1) is 34.0 Å². The fraction of sp³-hybridized carbons (Fsp3) is 0.271. The zero-order valence-electron chi connectivity index (χ0n) is 39.8. The highest BCUT2D eigenvalue weighted by molar-refractivity contribution is 8.00. The minimum Gasteiger partial charge on any atom is -0.481 e. The number of carbonyl (C=O) groups excluding carboxylic acids is 4. The third kappa shape index (κ3) is 12.2. The van der Waals surface area contributed by atoms with Gasteiger partial charge in [0.1, 0.15) is 18.2 Å². The van der Waals surface area contributed by atoms with Gasteiger partial charge in [0, 0.05) is 12.2 Å². The monoisotopic (exact) mass is 1000 g/mol. The third-order valence-electron chi connectivity index (χ3n) is 13.3. The van der Waals surface area contributed by atoms with Gasteiger partial charge in [-0.15, -0.1) is 23.5 Å². The van der Waals surface area contributed by atoms with Crippen LogP contribution in [-0.4, -0.2) is 81.2 Å². The van der Waals surface area contributed by atoms with Gasteiger partial charge in [0.2, 0.25) is 17.7 Å². The van der Waals surface area contributed by atoms with Gasteiger partial charge < -0.3 is 30.9 Å². The van der Waals surface area contributed by atoms with Crippen LogP contribution in [0.25, 0.3) is 0 Å². The quantitative estimate of drug-likeness (QED) is 0.0257. The van der Waals surface area contributed by atoms with Crippen molar-refractivity contribution >= 4 is 53.2 Å². The molecule has 0 radical (unpaired) electrons. The molecule has 6 aromatic rings. The van der Waals surface area contributed by atoms with Crippen molar-refractivity contribution < 1.29 is 38.9 Å². The van der Waals surface area contributed by atoms with Crippen molar-refractivity contribution in [2.24, 2.45) is 0 Å². The molecule has 370 valence electrons. The summed E-state index contributed by atoms with van der Waals surface area (Å²) in [5.74, 6) is -3.33. The van der Waals surface area contributed by atoms with E-state index in [9.17, 15) is 34.2 Å². The maximum Gasteiger partial charge on any atom is 0.309 e. The summed E-state index contributed by atoms with van der Waals surface area (Å²) in [5, 5.41) is 30.0. The van der Waals surface area contributed by atoms with Crippen molar-refractivity contribution in [1.29, 1.82) is 0 Å². The summed E-state index contributed by atoms with van der Waals surface area (Å²) in [7, 11) is 0. The third-order valence-corrected chi connectivity index (χ3v) is 16.5. The topological polar surface area (TPSA) is 171 Å². The number of amides is 3. The number of aliphatic hydroxyl groups is 1. The number of nitrogens with one attached hydrogen (secondary N) is 3. The number of cyclic esters (lactones) is 1. The molecule has 1 spiro atoms. The first-order valence-electron chi connectivity index (χ1n) is 24.3. The number of aliphatic carboxylic acids is 1. The maximum absolute atomic E-state index is 14.6. The number of esters is 1. The van der Waals surface area contributed by atoms with Crippen LogP contribution in [0.5, 0.6) is 0 Å². The second-order valence-corrected chi connectivity index (χ2v) is 20.7. The molecule has 4 atom stereocenters. The minimum absolute atomic E-state index is 0.0123.